The first-order valence-electron chi connectivity index (χ1n) is 7.81. The van der Waals surface area contributed by atoms with E-state index in [4.69, 9.17) is 5.73 Å². The van der Waals surface area contributed by atoms with Gasteiger partial charge in [-0.25, -0.2) is 13.1 Å². The molecule has 138 valence electrons. The second-order valence-electron chi connectivity index (χ2n) is 5.81. The van der Waals surface area contributed by atoms with Crippen molar-refractivity contribution in [1.29, 1.82) is 0 Å². The number of primary amides is 1. The number of rotatable bonds is 5. The average Bonchev–Trinajstić information content (AvgIpc) is 3.12. The Morgan fingerprint density at radius 2 is 1.78 bits per heavy atom. The molecule has 1 aromatic heterocycles. The monoisotopic (exact) mass is 384 g/mol. The first-order valence-corrected chi connectivity index (χ1v) is 9.70. The molecule has 1 heterocycles. The predicted octanol–water partition coefficient (Wildman–Crippen LogP) is 1.63. The van der Waals surface area contributed by atoms with Crippen LogP contribution in [0.25, 0.3) is 5.69 Å². The van der Waals surface area contributed by atoms with Gasteiger partial charge in [0.2, 0.25) is 0 Å². The van der Waals surface area contributed by atoms with Gasteiger partial charge in [0.05, 0.1) is 10.6 Å². The molecule has 0 unspecified atom stereocenters. The zero-order chi connectivity index (χ0) is 19.6. The Bertz CT molecular complexity index is 1120. The summed E-state index contributed by atoms with van der Waals surface area (Å²) in [6.07, 6.45) is 2.69. The van der Waals surface area contributed by atoms with Gasteiger partial charge in [-0.15, -0.1) is 0 Å². The number of nitrogens with one attached hydrogen (secondary N) is 1. The van der Waals surface area contributed by atoms with Gasteiger partial charge >= 0.3 is 0 Å². The van der Waals surface area contributed by atoms with E-state index in [-0.39, 0.29) is 16.2 Å². The summed E-state index contributed by atoms with van der Waals surface area (Å²) in [7, 11) is -3.39. The largest absolute Gasteiger partial charge is 0.364 e. The number of nitrogens with zero attached hydrogens (tertiary/aromatic N) is 2. The van der Waals surface area contributed by atoms with Gasteiger partial charge in [0.15, 0.2) is 9.84 Å². The van der Waals surface area contributed by atoms with Gasteiger partial charge in [0, 0.05) is 23.7 Å². The van der Waals surface area contributed by atoms with Crippen molar-refractivity contribution >= 4 is 27.3 Å². The van der Waals surface area contributed by atoms with E-state index in [1.54, 1.807) is 30.5 Å². The zero-order valence-electron chi connectivity index (χ0n) is 14.3. The van der Waals surface area contributed by atoms with Crippen LogP contribution in [0, 0.1) is 0 Å². The maximum Gasteiger partial charge on any atom is 0.269 e. The van der Waals surface area contributed by atoms with Crippen molar-refractivity contribution in [3.63, 3.8) is 0 Å². The van der Waals surface area contributed by atoms with E-state index in [9.17, 15) is 18.0 Å². The average molecular weight is 384 g/mol. The summed E-state index contributed by atoms with van der Waals surface area (Å²) in [5.74, 6) is -1.04. The Labute approximate surface area is 155 Å². The smallest absolute Gasteiger partial charge is 0.269 e. The second kappa shape index (κ2) is 7.04. The molecule has 3 N–H and O–H groups in total. The maximum atomic E-state index is 12.4. The Balaban J connectivity index is 1.76. The lowest BCUT2D eigenvalue weighted by Gasteiger charge is -2.08. The standard InChI is InChI=1S/C18H16N4O4S/c1-27(25,26)15-4-2-3-12(11-15)18(24)20-13-5-7-14(8-6-13)22-10-9-16(21-22)17(19)23/h2-11H,1H3,(H2,19,23)(H,20,24). The molecule has 0 spiro atoms. The van der Waals surface area contributed by atoms with Gasteiger partial charge in [-0.3, -0.25) is 9.59 Å². The lowest BCUT2D eigenvalue weighted by Crippen LogP contribution is -2.13. The van der Waals surface area contributed by atoms with Crippen LogP contribution in [0.4, 0.5) is 5.69 Å². The van der Waals surface area contributed by atoms with E-state index in [1.807, 2.05) is 0 Å². The number of sulfone groups is 1. The highest BCUT2D eigenvalue weighted by Gasteiger charge is 2.12. The van der Waals surface area contributed by atoms with Gasteiger partial charge in [0.1, 0.15) is 5.69 Å². The predicted molar refractivity (Wildman–Crippen MR) is 99.6 cm³/mol. The Hall–Kier alpha value is -3.46. The van der Waals surface area contributed by atoms with Crippen LogP contribution in [0.3, 0.4) is 0 Å². The molecule has 0 aliphatic heterocycles. The van der Waals surface area contributed by atoms with Crippen LogP contribution in [0.1, 0.15) is 20.8 Å². The van der Waals surface area contributed by atoms with Gasteiger partial charge in [0.25, 0.3) is 11.8 Å². The van der Waals surface area contributed by atoms with E-state index < -0.39 is 21.7 Å². The number of benzene rings is 2. The molecule has 2 aromatic carbocycles. The Morgan fingerprint density at radius 1 is 1.07 bits per heavy atom. The summed E-state index contributed by atoms with van der Waals surface area (Å²) >= 11 is 0. The first-order chi connectivity index (χ1) is 12.7. The molecular weight excluding hydrogens is 368 g/mol. The summed E-state index contributed by atoms with van der Waals surface area (Å²) in [5, 5.41) is 6.75. The molecule has 0 atom stereocenters. The fraction of sp³-hybridized carbons (Fsp3) is 0.0556. The number of aromatic nitrogens is 2. The fourth-order valence-corrected chi connectivity index (χ4v) is 3.03. The molecule has 2 amide bonds. The molecule has 8 nitrogen and oxygen atoms in total. The minimum Gasteiger partial charge on any atom is -0.364 e. The molecule has 0 saturated heterocycles. The molecule has 9 heteroatoms. The number of carbonyl (C=O) groups is 2. The van der Waals surface area contributed by atoms with Crippen LogP contribution in [-0.4, -0.2) is 36.3 Å². The van der Waals surface area contributed by atoms with Crippen molar-refractivity contribution < 1.29 is 18.0 Å². The zero-order valence-corrected chi connectivity index (χ0v) is 15.1. The van der Waals surface area contributed by atoms with Crippen LogP contribution < -0.4 is 11.1 Å². The highest BCUT2D eigenvalue weighted by molar-refractivity contribution is 7.90. The molecule has 3 rings (SSSR count). The SMILES string of the molecule is CS(=O)(=O)c1cccc(C(=O)Nc2ccc(-n3ccc(C(N)=O)n3)cc2)c1. The number of carbonyl (C=O) groups excluding carboxylic acids is 2. The van der Waals surface area contributed by atoms with Crippen LogP contribution in [-0.2, 0) is 9.84 Å². The number of hydrogen-bond donors (Lipinski definition) is 2. The molecule has 3 aromatic rings. The quantitative estimate of drug-likeness (QED) is 0.692. The number of hydrogen-bond acceptors (Lipinski definition) is 5. The van der Waals surface area contributed by atoms with Crippen molar-refractivity contribution in [1.82, 2.24) is 9.78 Å². The van der Waals surface area contributed by atoms with Crippen molar-refractivity contribution in [2.45, 2.75) is 4.90 Å². The highest BCUT2D eigenvalue weighted by Crippen LogP contribution is 2.16. The summed E-state index contributed by atoms with van der Waals surface area (Å²) in [5.41, 5.74) is 6.77. The molecule has 27 heavy (non-hydrogen) atoms. The van der Waals surface area contributed by atoms with Gasteiger partial charge in [-0.2, -0.15) is 5.10 Å². The van der Waals surface area contributed by atoms with Crippen LogP contribution >= 0.6 is 0 Å². The van der Waals surface area contributed by atoms with Crippen molar-refractivity contribution in [3.8, 4) is 5.69 Å². The summed E-state index contributed by atoms with van der Waals surface area (Å²) in [6, 6.07) is 14.1. The molecule has 0 aliphatic carbocycles. The van der Waals surface area contributed by atoms with E-state index in [0.29, 0.717) is 11.4 Å². The van der Waals surface area contributed by atoms with Crippen LogP contribution in [0.2, 0.25) is 0 Å². The molecule has 0 aliphatic rings. The van der Waals surface area contributed by atoms with E-state index in [0.717, 1.165) is 6.26 Å². The third-order valence-electron chi connectivity index (χ3n) is 3.76. The van der Waals surface area contributed by atoms with E-state index in [1.165, 1.54) is 35.0 Å². The second-order valence-corrected chi connectivity index (χ2v) is 7.83. The van der Waals surface area contributed by atoms with Crippen molar-refractivity contribution in [3.05, 3.63) is 72.1 Å². The molecule has 0 bridgehead atoms. The minimum atomic E-state index is -3.39. The van der Waals surface area contributed by atoms with E-state index in [2.05, 4.69) is 10.4 Å². The fourth-order valence-electron chi connectivity index (χ4n) is 2.37. The van der Waals surface area contributed by atoms with Gasteiger partial charge < -0.3 is 11.1 Å². The maximum absolute atomic E-state index is 12.4. The van der Waals surface area contributed by atoms with Gasteiger partial charge in [-0.05, 0) is 48.5 Å². The number of nitrogens with two attached hydrogens (primary N) is 1. The lowest BCUT2D eigenvalue weighted by atomic mass is 10.2. The molecule has 0 radical (unpaired) electrons. The summed E-state index contributed by atoms with van der Waals surface area (Å²) in [6.45, 7) is 0. The lowest BCUT2D eigenvalue weighted by molar-refractivity contribution is 0.0993. The highest BCUT2D eigenvalue weighted by atomic mass is 32.2. The number of amides is 2. The molecular formula is C18H16N4O4S. The van der Waals surface area contributed by atoms with Crippen molar-refractivity contribution in [2.75, 3.05) is 11.6 Å². The molecule has 0 fully saturated rings. The Morgan fingerprint density at radius 3 is 2.37 bits per heavy atom. The summed E-state index contributed by atoms with van der Waals surface area (Å²) in [4.78, 5) is 23.5. The van der Waals surface area contributed by atoms with Crippen LogP contribution in [0.5, 0.6) is 0 Å². The minimum absolute atomic E-state index is 0.0782. The number of anilines is 1. The van der Waals surface area contributed by atoms with Crippen molar-refractivity contribution in [2.24, 2.45) is 5.73 Å². The van der Waals surface area contributed by atoms with E-state index >= 15 is 0 Å². The normalized spacial score (nSPS) is 11.1. The first kappa shape index (κ1) is 18.3. The third-order valence-corrected chi connectivity index (χ3v) is 4.87. The summed E-state index contributed by atoms with van der Waals surface area (Å²) < 4.78 is 24.7. The third kappa shape index (κ3) is 4.21. The molecule has 0 saturated carbocycles. The van der Waals surface area contributed by atoms with Crippen LogP contribution in [0.15, 0.2) is 65.7 Å². The Kier molecular flexibility index (Phi) is 4.78. The topological polar surface area (TPSA) is 124 Å². The van der Waals surface area contributed by atoms with Gasteiger partial charge in [-0.1, -0.05) is 6.07 Å².